The smallest absolute Gasteiger partial charge is 0.311 e. The Kier molecular flexibility index (Phi) is 1.92. The number of hydrogen-bond acceptors (Lipinski definition) is 3. The zero-order valence-electron chi connectivity index (χ0n) is 7.03. The highest BCUT2D eigenvalue weighted by molar-refractivity contribution is 5.84. The number of benzene rings is 1. The number of aliphatic carboxylic acids is 1. The van der Waals surface area contributed by atoms with Gasteiger partial charge in [0.2, 0.25) is 0 Å². The van der Waals surface area contributed by atoms with Gasteiger partial charge >= 0.3 is 5.97 Å². The Bertz CT molecular complexity index is 492. The fourth-order valence-electron chi connectivity index (χ4n) is 1.25. The highest BCUT2D eigenvalue weighted by Gasteiger charge is 2.13. The van der Waals surface area contributed by atoms with Crippen LogP contribution in [0.3, 0.4) is 0 Å². The van der Waals surface area contributed by atoms with Crippen LogP contribution in [0, 0.1) is 5.82 Å². The molecule has 1 aromatic heterocycles. The largest absolute Gasteiger partial charge is 0.481 e. The minimum Gasteiger partial charge on any atom is -0.481 e. The quantitative estimate of drug-likeness (QED) is 0.790. The van der Waals surface area contributed by atoms with E-state index in [-0.39, 0.29) is 17.7 Å². The SMILES string of the molecule is O=C(O)Cc1onc2c(F)cccc12. The van der Waals surface area contributed by atoms with Gasteiger partial charge in [-0.2, -0.15) is 0 Å². The predicted octanol–water partition coefficient (Wildman–Crippen LogP) is 1.59. The molecule has 4 nitrogen and oxygen atoms in total. The lowest BCUT2D eigenvalue weighted by Crippen LogP contribution is -1.98. The molecule has 0 spiro atoms. The topological polar surface area (TPSA) is 63.3 Å². The molecule has 0 radical (unpaired) electrons. The number of nitrogens with zero attached hydrogens (tertiary/aromatic N) is 1. The van der Waals surface area contributed by atoms with Gasteiger partial charge in [0.15, 0.2) is 11.6 Å². The molecule has 2 aromatic rings. The van der Waals surface area contributed by atoms with E-state index in [1.54, 1.807) is 6.07 Å². The summed E-state index contributed by atoms with van der Waals surface area (Å²) in [5.41, 5.74) is 0.0729. The van der Waals surface area contributed by atoms with Crippen molar-refractivity contribution in [2.45, 2.75) is 6.42 Å². The number of carboxylic acid groups (broad SMARTS) is 1. The number of rotatable bonds is 2. The second-order valence-electron chi connectivity index (χ2n) is 2.81. The lowest BCUT2D eigenvalue weighted by atomic mass is 10.2. The summed E-state index contributed by atoms with van der Waals surface area (Å²) in [6.07, 6.45) is -0.292. The molecule has 0 aliphatic rings. The zero-order chi connectivity index (χ0) is 10.1. The first-order chi connectivity index (χ1) is 6.68. The summed E-state index contributed by atoms with van der Waals surface area (Å²) in [5.74, 6) is -1.37. The maximum atomic E-state index is 13.1. The molecule has 72 valence electrons. The minimum atomic E-state index is -1.03. The molecular weight excluding hydrogens is 189 g/mol. The number of halogens is 1. The van der Waals surface area contributed by atoms with E-state index in [0.29, 0.717) is 5.39 Å². The van der Waals surface area contributed by atoms with Gasteiger partial charge in [0, 0.05) is 5.39 Å². The highest BCUT2D eigenvalue weighted by Crippen LogP contribution is 2.20. The van der Waals surface area contributed by atoms with Crippen molar-refractivity contribution in [2.75, 3.05) is 0 Å². The Morgan fingerprint density at radius 3 is 3.07 bits per heavy atom. The van der Waals surface area contributed by atoms with Crippen LogP contribution in [0.5, 0.6) is 0 Å². The van der Waals surface area contributed by atoms with Crippen LogP contribution in [0.2, 0.25) is 0 Å². The molecule has 0 saturated carbocycles. The van der Waals surface area contributed by atoms with Gasteiger partial charge < -0.3 is 9.63 Å². The van der Waals surface area contributed by atoms with E-state index in [4.69, 9.17) is 9.63 Å². The van der Waals surface area contributed by atoms with Crippen LogP contribution in [-0.2, 0) is 11.2 Å². The van der Waals surface area contributed by atoms with Gasteiger partial charge in [-0.15, -0.1) is 0 Å². The summed E-state index contributed by atoms with van der Waals surface area (Å²) in [6.45, 7) is 0. The average Bonchev–Trinajstić information content (AvgIpc) is 2.49. The van der Waals surface area contributed by atoms with Crippen molar-refractivity contribution in [1.82, 2.24) is 5.16 Å². The van der Waals surface area contributed by atoms with Crippen molar-refractivity contribution >= 4 is 16.9 Å². The summed E-state index contributed by atoms with van der Waals surface area (Å²) in [6, 6.07) is 4.31. The summed E-state index contributed by atoms with van der Waals surface area (Å²) in [4.78, 5) is 10.4. The Balaban J connectivity index is 2.58. The van der Waals surface area contributed by atoms with E-state index in [0.717, 1.165) is 0 Å². The molecule has 0 aliphatic carbocycles. The van der Waals surface area contributed by atoms with E-state index in [2.05, 4.69) is 5.16 Å². The second kappa shape index (κ2) is 3.10. The van der Waals surface area contributed by atoms with Crippen LogP contribution in [0.1, 0.15) is 5.76 Å². The van der Waals surface area contributed by atoms with Crippen molar-refractivity contribution in [2.24, 2.45) is 0 Å². The standard InChI is InChI=1S/C9H6FNO3/c10-6-3-1-2-5-7(4-8(12)13)14-11-9(5)6/h1-3H,4H2,(H,12,13). The molecule has 1 aromatic carbocycles. The van der Waals surface area contributed by atoms with Crippen molar-refractivity contribution in [3.63, 3.8) is 0 Å². The van der Waals surface area contributed by atoms with Crippen LogP contribution in [0.4, 0.5) is 4.39 Å². The number of fused-ring (bicyclic) bond motifs is 1. The molecule has 2 rings (SSSR count). The van der Waals surface area contributed by atoms with Crippen molar-refractivity contribution in [3.05, 3.63) is 29.8 Å². The number of carbonyl (C=O) groups is 1. The molecule has 0 amide bonds. The van der Waals surface area contributed by atoms with E-state index < -0.39 is 11.8 Å². The third-order valence-electron chi connectivity index (χ3n) is 1.85. The van der Waals surface area contributed by atoms with Gasteiger partial charge in [0.25, 0.3) is 0 Å². The van der Waals surface area contributed by atoms with E-state index in [1.165, 1.54) is 12.1 Å². The van der Waals surface area contributed by atoms with E-state index in [1.807, 2.05) is 0 Å². The fourth-order valence-corrected chi connectivity index (χ4v) is 1.25. The molecule has 0 fully saturated rings. The van der Waals surface area contributed by atoms with Crippen molar-refractivity contribution in [3.8, 4) is 0 Å². The summed E-state index contributed by atoms with van der Waals surface area (Å²) >= 11 is 0. The van der Waals surface area contributed by atoms with Crippen LogP contribution in [-0.4, -0.2) is 16.2 Å². The third-order valence-corrected chi connectivity index (χ3v) is 1.85. The van der Waals surface area contributed by atoms with Crippen LogP contribution >= 0.6 is 0 Å². The molecular formula is C9H6FNO3. The van der Waals surface area contributed by atoms with Crippen molar-refractivity contribution < 1.29 is 18.8 Å². The Labute approximate surface area is 77.9 Å². The molecule has 1 heterocycles. The zero-order valence-corrected chi connectivity index (χ0v) is 7.03. The summed E-state index contributed by atoms with van der Waals surface area (Å²) in [7, 11) is 0. The first-order valence-electron chi connectivity index (χ1n) is 3.93. The molecule has 0 bridgehead atoms. The lowest BCUT2D eigenvalue weighted by Gasteiger charge is -1.90. The monoisotopic (exact) mass is 195 g/mol. The molecule has 5 heteroatoms. The van der Waals surface area contributed by atoms with Crippen LogP contribution in [0.25, 0.3) is 10.9 Å². The summed E-state index contributed by atoms with van der Waals surface area (Å²) in [5, 5.41) is 12.4. The molecule has 1 N–H and O–H groups in total. The van der Waals surface area contributed by atoms with E-state index >= 15 is 0 Å². The molecule has 0 aliphatic heterocycles. The summed E-state index contributed by atoms with van der Waals surface area (Å²) < 4.78 is 17.8. The second-order valence-corrected chi connectivity index (χ2v) is 2.81. The van der Waals surface area contributed by atoms with Gasteiger partial charge in [0.1, 0.15) is 11.9 Å². The van der Waals surface area contributed by atoms with Gasteiger partial charge in [-0.3, -0.25) is 4.79 Å². The van der Waals surface area contributed by atoms with Gasteiger partial charge in [0.05, 0.1) is 0 Å². The molecule has 0 saturated heterocycles. The van der Waals surface area contributed by atoms with Crippen LogP contribution in [0.15, 0.2) is 22.7 Å². The lowest BCUT2D eigenvalue weighted by molar-refractivity contribution is -0.136. The first-order valence-corrected chi connectivity index (χ1v) is 3.93. The van der Waals surface area contributed by atoms with Gasteiger partial charge in [-0.1, -0.05) is 11.2 Å². The Morgan fingerprint density at radius 1 is 1.57 bits per heavy atom. The van der Waals surface area contributed by atoms with Gasteiger partial charge in [-0.25, -0.2) is 4.39 Å². The number of aromatic nitrogens is 1. The molecule has 0 unspecified atom stereocenters. The normalized spacial score (nSPS) is 10.6. The maximum Gasteiger partial charge on any atom is 0.311 e. The van der Waals surface area contributed by atoms with E-state index in [9.17, 15) is 9.18 Å². The highest BCUT2D eigenvalue weighted by atomic mass is 19.1. The van der Waals surface area contributed by atoms with Gasteiger partial charge in [-0.05, 0) is 12.1 Å². The molecule has 14 heavy (non-hydrogen) atoms. The number of carboxylic acids is 1. The first kappa shape index (κ1) is 8.68. The third kappa shape index (κ3) is 1.32. The maximum absolute atomic E-state index is 13.1. The average molecular weight is 195 g/mol. The minimum absolute atomic E-state index is 0.0729. The Hall–Kier alpha value is -1.91. The number of hydrogen-bond donors (Lipinski definition) is 1. The Morgan fingerprint density at radius 2 is 2.36 bits per heavy atom. The fraction of sp³-hybridized carbons (Fsp3) is 0.111. The predicted molar refractivity (Wildman–Crippen MR) is 45.3 cm³/mol. The van der Waals surface area contributed by atoms with Crippen LogP contribution < -0.4 is 0 Å². The molecule has 0 atom stereocenters. The van der Waals surface area contributed by atoms with Crippen molar-refractivity contribution in [1.29, 1.82) is 0 Å².